The Labute approximate surface area is 123 Å². The quantitative estimate of drug-likeness (QED) is 0.679. The van der Waals surface area contributed by atoms with Gasteiger partial charge in [-0.05, 0) is 25.6 Å². The van der Waals surface area contributed by atoms with E-state index in [4.69, 9.17) is 10.5 Å². The van der Waals surface area contributed by atoms with Gasteiger partial charge in [-0.25, -0.2) is 15.0 Å². The molecule has 0 amide bonds. The maximum atomic E-state index is 5.67. The van der Waals surface area contributed by atoms with Gasteiger partial charge in [-0.2, -0.15) is 15.0 Å². The predicted octanol–water partition coefficient (Wildman–Crippen LogP) is 1.06. The molecule has 0 aliphatic rings. The molecule has 108 valence electrons. The van der Waals surface area contributed by atoms with Crippen molar-refractivity contribution < 1.29 is 4.74 Å². The minimum atomic E-state index is -0.0528. The van der Waals surface area contributed by atoms with Crippen molar-refractivity contribution in [1.82, 2.24) is 34.9 Å². The van der Waals surface area contributed by atoms with E-state index in [1.54, 1.807) is 6.33 Å². The molecule has 3 N–H and O–H groups in total. The van der Waals surface area contributed by atoms with Gasteiger partial charge in [0.2, 0.25) is 11.1 Å². The molecule has 3 aromatic heterocycles. The number of ether oxygens (including phenoxy) is 1. The molecule has 21 heavy (non-hydrogen) atoms. The highest BCUT2D eigenvalue weighted by atomic mass is 32.2. The van der Waals surface area contributed by atoms with E-state index in [0.717, 1.165) is 0 Å². The molecule has 10 heteroatoms. The second kappa shape index (κ2) is 5.48. The van der Waals surface area contributed by atoms with Gasteiger partial charge in [-0.1, -0.05) is 0 Å². The van der Waals surface area contributed by atoms with Crippen LogP contribution in [0.15, 0.2) is 22.8 Å². The third-order valence-corrected chi connectivity index (χ3v) is 3.20. The summed E-state index contributed by atoms with van der Waals surface area (Å²) in [6.45, 7) is 3.76. The maximum absolute atomic E-state index is 5.67. The molecular weight excluding hydrogens is 292 g/mol. The zero-order valence-corrected chi connectivity index (χ0v) is 12.1. The van der Waals surface area contributed by atoms with Crippen molar-refractivity contribution in [3.63, 3.8) is 0 Å². The lowest BCUT2D eigenvalue weighted by atomic mass is 10.5. The first-order valence-electron chi connectivity index (χ1n) is 6.12. The molecule has 3 aromatic rings. The summed E-state index contributed by atoms with van der Waals surface area (Å²) < 4.78 is 5.44. The number of nitrogens with two attached hydrogens (primary N) is 1. The Bertz CT molecular complexity index is 774. The van der Waals surface area contributed by atoms with Crippen molar-refractivity contribution in [3.05, 3.63) is 12.7 Å². The van der Waals surface area contributed by atoms with Crippen LogP contribution in [0.3, 0.4) is 0 Å². The van der Waals surface area contributed by atoms with E-state index in [1.807, 2.05) is 13.8 Å². The van der Waals surface area contributed by atoms with Gasteiger partial charge >= 0.3 is 6.01 Å². The maximum Gasteiger partial charge on any atom is 0.322 e. The van der Waals surface area contributed by atoms with Crippen LogP contribution >= 0.6 is 11.8 Å². The van der Waals surface area contributed by atoms with Crippen LogP contribution in [0, 0.1) is 0 Å². The average Bonchev–Trinajstić information content (AvgIpc) is 2.86. The number of hydrogen-bond acceptors (Lipinski definition) is 9. The summed E-state index contributed by atoms with van der Waals surface area (Å²) in [5.74, 6) is 0.0954. The second-order valence-electron chi connectivity index (χ2n) is 4.31. The number of hydrogen-bond donors (Lipinski definition) is 2. The number of aromatic amines is 1. The molecule has 0 unspecified atom stereocenters. The van der Waals surface area contributed by atoms with Crippen molar-refractivity contribution in [2.24, 2.45) is 0 Å². The smallest absolute Gasteiger partial charge is 0.322 e. The number of rotatable bonds is 4. The van der Waals surface area contributed by atoms with Crippen LogP contribution < -0.4 is 10.5 Å². The van der Waals surface area contributed by atoms with Gasteiger partial charge in [0, 0.05) is 0 Å². The molecule has 0 aliphatic carbocycles. The Morgan fingerprint density at radius 2 is 2.05 bits per heavy atom. The van der Waals surface area contributed by atoms with Gasteiger partial charge in [0.15, 0.2) is 5.65 Å². The number of nitrogens with zero attached hydrogens (tertiary/aromatic N) is 6. The molecular formula is C11H12N8OS. The molecule has 3 rings (SSSR count). The molecule has 0 aliphatic heterocycles. The Kier molecular flexibility index (Phi) is 3.52. The summed E-state index contributed by atoms with van der Waals surface area (Å²) in [7, 11) is 0. The SMILES string of the molecule is CC(C)Oc1nc(N)nc(Sc2ncnc3nc[nH]c23)n1. The lowest BCUT2D eigenvalue weighted by Gasteiger charge is -2.08. The third-order valence-electron chi connectivity index (χ3n) is 2.33. The van der Waals surface area contributed by atoms with E-state index in [2.05, 4.69) is 34.9 Å². The standard InChI is InChI=1S/C11H12N8OS/c1-5(2)20-10-17-9(12)18-11(19-10)21-8-6-7(14-3-13-6)15-4-16-8/h3-5H,1-2H3,(H2,12,17,18,19)(H,13,14,15,16). The van der Waals surface area contributed by atoms with E-state index < -0.39 is 0 Å². The topological polar surface area (TPSA) is 128 Å². The summed E-state index contributed by atoms with van der Waals surface area (Å²) in [5, 5.41) is 1.05. The Morgan fingerprint density at radius 3 is 2.86 bits per heavy atom. The molecule has 0 bridgehead atoms. The Hall–Kier alpha value is -2.49. The molecule has 0 radical (unpaired) electrons. The molecule has 9 nitrogen and oxygen atoms in total. The molecule has 0 atom stereocenters. The van der Waals surface area contributed by atoms with E-state index in [-0.39, 0.29) is 18.1 Å². The fraction of sp³-hybridized carbons (Fsp3) is 0.273. The van der Waals surface area contributed by atoms with Gasteiger partial charge < -0.3 is 15.5 Å². The highest BCUT2D eigenvalue weighted by molar-refractivity contribution is 7.99. The number of nitrogens with one attached hydrogen (secondary N) is 1. The van der Waals surface area contributed by atoms with Gasteiger partial charge in [0.25, 0.3) is 0 Å². The van der Waals surface area contributed by atoms with Gasteiger partial charge in [-0.15, -0.1) is 0 Å². The highest BCUT2D eigenvalue weighted by Gasteiger charge is 2.12. The number of nitrogen functional groups attached to an aromatic ring is 1. The van der Waals surface area contributed by atoms with Gasteiger partial charge in [0.05, 0.1) is 12.4 Å². The Morgan fingerprint density at radius 1 is 1.19 bits per heavy atom. The summed E-state index contributed by atoms with van der Waals surface area (Å²) >= 11 is 1.23. The first-order valence-corrected chi connectivity index (χ1v) is 6.93. The monoisotopic (exact) mass is 304 g/mol. The lowest BCUT2D eigenvalue weighted by Crippen LogP contribution is -2.10. The lowest BCUT2D eigenvalue weighted by molar-refractivity contribution is 0.219. The minimum Gasteiger partial charge on any atom is -0.461 e. The van der Waals surface area contributed by atoms with E-state index >= 15 is 0 Å². The molecule has 0 aromatic carbocycles. The minimum absolute atomic E-state index is 0.0528. The molecule has 0 saturated heterocycles. The van der Waals surface area contributed by atoms with Gasteiger partial charge in [-0.3, -0.25) is 0 Å². The third kappa shape index (κ3) is 2.99. The number of anilines is 1. The van der Waals surface area contributed by atoms with E-state index in [0.29, 0.717) is 21.3 Å². The summed E-state index contributed by atoms with van der Waals surface area (Å²) in [5.41, 5.74) is 6.97. The molecule has 3 heterocycles. The van der Waals surface area contributed by atoms with Crippen molar-refractivity contribution in [2.75, 3.05) is 5.73 Å². The number of imidazole rings is 1. The largest absolute Gasteiger partial charge is 0.461 e. The van der Waals surface area contributed by atoms with Crippen LogP contribution in [0.25, 0.3) is 11.2 Å². The number of fused-ring (bicyclic) bond motifs is 1. The first-order chi connectivity index (χ1) is 10.1. The number of aromatic nitrogens is 7. The van der Waals surface area contributed by atoms with E-state index in [9.17, 15) is 0 Å². The van der Waals surface area contributed by atoms with Crippen LogP contribution in [-0.4, -0.2) is 41.0 Å². The van der Waals surface area contributed by atoms with Gasteiger partial charge in [0.1, 0.15) is 16.9 Å². The van der Waals surface area contributed by atoms with Crippen LogP contribution in [0.1, 0.15) is 13.8 Å². The summed E-state index contributed by atoms with van der Waals surface area (Å²) in [6.07, 6.45) is 2.93. The van der Waals surface area contributed by atoms with Crippen molar-refractivity contribution in [2.45, 2.75) is 30.1 Å². The summed E-state index contributed by atoms with van der Waals surface area (Å²) in [6, 6.07) is 0.190. The van der Waals surface area contributed by atoms with Crippen LogP contribution in [0.4, 0.5) is 5.95 Å². The molecule has 0 spiro atoms. The van der Waals surface area contributed by atoms with Crippen LogP contribution in [-0.2, 0) is 0 Å². The van der Waals surface area contributed by atoms with E-state index in [1.165, 1.54) is 18.1 Å². The zero-order chi connectivity index (χ0) is 14.8. The summed E-state index contributed by atoms with van der Waals surface area (Å²) in [4.78, 5) is 27.5. The van der Waals surface area contributed by atoms with Crippen LogP contribution in [0.5, 0.6) is 6.01 Å². The normalized spacial score (nSPS) is 11.2. The van der Waals surface area contributed by atoms with Crippen molar-refractivity contribution in [3.8, 4) is 6.01 Å². The highest BCUT2D eigenvalue weighted by Crippen LogP contribution is 2.28. The molecule has 0 fully saturated rings. The fourth-order valence-corrected chi connectivity index (χ4v) is 2.36. The van der Waals surface area contributed by atoms with Crippen molar-refractivity contribution >= 4 is 28.9 Å². The first kappa shape index (κ1) is 13.5. The van der Waals surface area contributed by atoms with Crippen LogP contribution in [0.2, 0.25) is 0 Å². The molecule has 0 saturated carbocycles. The second-order valence-corrected chi connectivity index (χ2v) is 5.26. The Balaban J connectivity index is 1.94. The average molecular weight is 304 g/mol. The predicted molar refractivity (Wildman–Crippen MR) is 75.8 cm³/mol. The zero-order valence-electron chi connectivity index (χ0n) is 11.3. The number of H-pyrrole nitrogens is 1. The fourth-order valence-electron chi connectivity index (χ4n) is 1.57. The van der Waals surface area contributed by atoms with Crippen molar-refractivity contribution in [1.29, 1.82) is 0 Å².